The van der Waals surface area contributed by atoms with Gasteiger partial charge < -0.3 is 0 Å². The van der Waals surface area contributed by atoms with Crippen molar-refractivity contribution in [3.8, 4) is 0 Å². The first kappa shape index (κ1) is 9.62. The summed E-state index contributed by atoms with van der Waals surface area (Å²) in [5.41, 5.74) is 2.54. The molecule has 1 aliphatic heterocycles. The van der Waals surface area contributed by atoms with Crippen LogP contribution in [0, 0.1) is 0 Å². The second kappa shape index (κ2) is 3.33. The molecule has 1 saturated heterocycles. The fraction of sp³-hybridized carbons (Fsp3) is 0.545. The average Bonchev–Trinajstić information content (AvgIpc) is 2.00. The van der Waals surface area contributed by atoms with Gasteiger partial charge in [-0.2, -0.15) is 0 Å². The van der Waals surface area contributed by atoms with Gasteiger partial charge in [-0.3, -0.25) is 15.6 Å². The van der Waals surface area contributed by atoms with Gasteiger partial charge in [-0.25, -0.2) is 0 Å². The molecular weight excluding hydrogens is 174 g/mol. The van der Waals surface area contributed by atoms with Crippen LogP contribution in [0.4, 0.5) is 0 Å². The Morgan fingerprint density at radius 3 is 2.36 bits per heavy atom. The minimum Gasteiger partial charge on any atom is -0.284 e. The maximum Gasteiger partial charge on any atom is 0.103 e. The third kappa shape index (κ3) is 1.79. The molecule has 1 aliphatic rings. The van der Waals surface area contributed by atoms with Crippen LogP contribution < -0.4 is 10.6 Å². The number of aromatic nitrogens is 1. The van der Waals surface area contributed by atoms with Crippen LogP contribution in [0.25, 0.3) is 0 Å². The van der Waals surface area contributed by atoms with E-state index in [2.05, 4.69) is 48.5 Å². The number of hydrogen-bond donors (Lipinski definition) is 2. The molecule has 14 heavy (non-hydrogen) atoms. The van der Waals surface area contributed by atoms with Crippen molar-refractivity contribution in [3.63, 3.8) is 0 Å². The smallest absolute Gasteiger partial charge is 0.103 e. The van der Waals surface area contributed by atoms with Gasteiger partial charge in [-0.1, -0.05) is 26.8 Å². The van der Waals surface area contributed by atoms with E-state index in [0.717, 1.165) is 12.4 Å². The van der Waals surface area contributed by atoms with Crippen molar-refractivity contribution in [1.82, 2.24) is 15.6 Å². The third-order valence-corrected chi connectivity index (χ3v) is 2.56. The molecule has 1 fully saturated rings. The quantitative estimate of drug-likeness (QED) is 0.707. The molecule has 0 atom stereocenters. The predicted molar refractivity (Wildman–Crippen MR) is 56.8 cm³/mol. The van der Waals surface area contributed by atoms with Gasteiger partial charge in [-0.15, -0.1) is 0 Å². The minimum atomic E-state index is 0.187. The van der Waals surface area contributed by atoms with E-state index >= 15 is 0 Å². The Balaban J connectivity index is 2.17. The van der Waals surface area contributed by atoms with E-state index in [1.807, 2.05) is 6.20 Å². The summed E-state index contributed by atoms with van der Waals surface area (Å²) < 4.78 is 0. The molecule has 2 heterocycles. The molecule has 76 valence electrons. The fourth-order valence-corrected chi connectivity index (χ4v) is 1.43. The van der Waals surface area contributed by atoms with E-state index in [-0.39, 0.29) is 11.6 Å². The SMILES string of the molecule is CC(C)(C)c1ccc(C2NCN2)nc1. The number of nitrogens with one attached hydrogen (secondary N) is 2. The van der Waals surface area contributed by atoms with Crippen molar-refractivity contribution >= 4 is 0 Å². The lowest BCUT2D eigenvalue weighted by Gasteiger charge is -2.29. The van der Waals surface area contributed by atoms with E-state index in [1.165, 1.54) is 5.56 Å². The molecule has 3 nitrogen and oxygen atoms in total. The molecule has 0 unspecified atom stereocenters. The van der Waals surface area contributed by atoms with Gasteiger partial charge in [0.2, 0.25) is 0 Å². The van der Waals surface area contributed by atoms with Crippen LogP contribution in [0.5, 0.6) is 0 Å². The second-order valence-electron chi connectivity index (χ2n) is 4.74. The summed E-state index contributed by atoms with van der Waals surface area (Å²) in [5.74, 6) is 0. The lowest BCUT2D eigenvalue weighted by molar-refractivity contribution is 0.301. The largest absolute Gasteiger partial charge is 0.284 e. The second-order valence-corrected chi connectivity index (χ2v) is 4.74. The Morgan fingerprint density at radius 2 is 2.00 bits per heavy atom. The molecule has 0 bridgehead atoms. The molecule has 1 aromatic rings. The predicted octanol–water partition coefficient (Wildman–Crippen LogP) is 1.53. The molecule has 2 rings (SSSR count). The zero-order chi connectivity index (χ0) is 10.2. The number of nitrogens with zero attached hydrogens (tertiary/aromatic N) is 1. The molecule has 0 amide bonds. The summed E-state index contributed by atoms with van der Waals surface area (Å²) in [6.45, 7) is 7.48. The average molecular weight is 191 g/mol. The Hall–Kier alpha value is -0.930. The standard InChI is InChI=1S/C11H17N3/c1-11(2,3)8-4-5-9(12-6-8)10-13-7-14-10/h4-6,10,13-14H,7H2,1-3H3. The summed E-state index contributed by atoms with van der Waals surface area (Å²) >= 11 is 0. The van der Waals surface area contributed by atoms with Crippen LogP contribution in [0.2, 0.25) is 0 Å². The summed E-state index contributed by atoms with van der Waals surface area (Å²) in [7, 11) is 0. The lowest BCUT2D eigenvalue weighted by Crippen LogP contribution is -2.51. The normalized spacial score (nSPS) is 17.9. The Morgan fingerprint density at radius 1 is 1.29 bits per heavy atom. The van der Waals surface area contributed by atoms with E-state index < -0.39 is 0 Å². The zero-order valence-electron chi connectivity index (χ0n) is 8.96. The van der Waals surface area contributed by atoms with Crippen LogP contribution in [-0.4, -0.2) is 11.7 Å². The number of hydrogen-bond acceptors (Lipinski definition) is 3. The molecule has 0 spiro atoms. The van der Waals surface area contributed by atoms with E-state index in [4.69, 9.17) is 0 Å². The first-order chi connectivity index (χ1) is 6.57. The Labute approximate surface area is 84.9 Å². The molecule has 2 N–H and O–H groups in total. The van der Waals surface area contributed by atoms with Crippen LogP contribution in [0.1, 0.15) is 38.2 Å². The maximum atomic E-state index is 4.44. The molecular formula is C11H17N3. The summed E-state index contributed by atoms with van der Waals surface area (Å²) in [6, 6.07) is 4.24. The Kier molecular flexibility index (Phi) is 2.29. The molecule has 0 aromatic carbocycles. The van der Waals surface area contributed by atoms with Gasteiger partial charge in [0.25, 0.3) is 0 Å². The Bertz CT molecular complexity index is 306. The molecule has 0 radical (unpaired) electrons. The summed E-state index contributed by atoms with van der Waals surface area (Å²) in [5, 5.41) is 6.49. The van der Waals surface area contributed by atoms with Gasteiger partial charge in [0.1, 0.15) is 6.17 Å². The highest BCUT2D eigenvalue weighted by molar-refractivity contribution is 5.22. The van der Waals surface area contributed by atoms with Gasteiger partial charge in [0.05, 0.1) is 5.69 Å². The highest BCUT2D eigenvalue weighted by Gasteiger charge is 2.19. The van der Waals surface area contributed by atoms with Crippen LogP contribution >= 0.6 is 0 Å². The highest BCUT2D eigenvalue weighted by Crippen LogP contribution is 2.22. The van der Waals surface area contributed by atoms with Crippen molar-refractivity contribution < 1.29 is 0 Å². The zero-order valence-corrected chi connectivity index (χ0v) is 8.96. The van der Waals surface area contributed by atoms with Crippen molar-refractivity contribution in [2.24, 2.45) is 0 Å². The van der Waals surface area contributed by atoms with E-state index in [0.29, 0.717) is 0 Å². The first-order valence-electron chi connectivity index (χ1n) is 5.00. The van der Waals surface area contributed by atoms with Crippen LogP contribution in [-0.2, 0) is 5.41 Å². The van der Waals surface area contributed by atoms with Crippen LogP contribution in [0.3, 0.4) is 0 Å². The van der Waals surface area contributed by atoms with Crippen molar-refractivity contribution in [2.75, 3.05) is 6.67 Å². The molecule has 3 heteroatoms. The van der Waals surface area contributed by atoms with Gasteiger partial charge >= 0.3 is 0 Å². The topological polar surface area (TPSA) is 37.0 Å². The monoisotopic (exact) mass is 191 g/mol. The van der Waals surface area contributed by atoms with Crippen LogP contribution in [0.15, 0.2) is 18.3 Å². The molecule has 0 aliphatic carbocycles. The highest BCUT2D eigenvalue weighted by atomic mass is 15.3. The molecule has 0 saturated carbocycles. The first-order valence-corrected chi connectivity index (χ1v) is 5.00. The third-order valence-electron chi connectivity index (χ3n) is 2.56. The number of rotatable bonds is 1. The van der Waals surface area contributed by atoms with Crippen molar-refractivity contribution in [1.29, 1.82) is 0 Å². The van der Waals surface area contributed by atoms with Gasteiger partial charge in [0.15, 0.2) is 0 Å². The number of pyridine rings is 1. The van der Waals surface area contributed by atoms with Gasteiger partial charge in [-0.05, 0) is 17.0 Å². The van der Waals surface area contributed by atoms with Gasteiger partial charge in [0, 0.05) is 12.9 Å². The fourth-order valence-electron chi connectivity index (χ4n) is 1.43. The summed E-state index contributed by atoms with van der Waals surface area (Å²) in [6.07, 6.45) is 2.22. The van der Waals surface area contributed by atoms with E-state index in [1.54, 1.807) is 0 Å². The van der Waals surface area contributed by atoms with Crippen molar-refractivity contribution in [3.05, 3.63) is 29.6 Å². The minimum absolute atomic E-state index is 0.187. The lowest BCUT2D eigenvalue weighted by atomic mass is 9.88. The maximum absolute atomic E-state index is 4.44. The van der Waals surface area contributed by atoms with Crippen molar-refractivity contribution in [2.45, 2.75) is 32.4 Å². The van der Waals surface area contributed by atoms with E-state index in [9.17, 15) is 0 Å². The molecule has 1 aromatic heterocycles. The summed E-state index contributed by atoms with van der Waals surface area (Å²) in [4.78, 5) is 4.44.